The number of benzene rings is 2. The zero-order valence-electron chi connectivity index (χ0n) is 20.9. The van der Waals surface area contributed by atoms with Crippen LogP contribution in [0.5, 0.6) is 5.75 Å². The Bertz CT molecular complexity index is 1440. The zero-order valence-corrected chi connectivity index (χ0v) is 22.5. The lowest BCUT2D eigenvalue weighted by molar-refractivity contribution is -0.130. The first-order chi connectivity index (χ1) is 18.3. The van der Waals surface area contributed by atoms with Crippen molar-refractivity contribution < 1.29 is 35.7 Å². The number of aliphatic hydroxyl groups excluding tert-OH is 1. The molecule has 4 rings (SSSR count). The van der Waals surface area contributed by atoms with E-state index in [9.17, 15) is 31.5 Å². The van der Waals surface area contributed by atoms with Gasteiger partial charge in [0.25, 0.3) is 5.91 Å². The molecule has 39 heavy (non-hydrogen) atoms. The minimum Gasteiger partial charge on any atom is -0.391 e. The fourth-order valence-corrected chi connectivity index (χ4v) is 5.65. The molecule has 8 nitrogen and oxygen atoms in total. The number of amides is 1. The number of halogens is 4. The quantitative estimate of drug-likeness (QED) is 0.352. The second kappa shape index (κ2) is 11.6. The number of carbonyl (C=O) groups is 1. The van der Waals surface area contributed by atoms with E-state index in [1.807, 2.05) is 0 Å². The monoisotopic (exact) mass is 585 g/mol. The Balaban J connectivity index is 1.67. The number of aromatic nitrogens is 2. The summed E-state index contributed by atoms with van der Waals surface area (Å²) in [6.45, 7) is 1.70. The molecule has 1 saturated carbocycles. The molecule has 1 aromatic heterocycles. The van der Waals surface area contributed by atoms with Gasteiger partial charge in [-0.1, -0.05) is 36.6 Å². The van der Waals surface area contributed by atoms with Crippen LogP contribution in [-0.2, 0) is 10.1 Å². The predicted molar refractivity (Wildman–Crippen MR) is 140 cm³/mol. The zero-order chi connectivity index (χ0) is 28.4. The van der Waals surface area contributed by atoms with Gasteiger partial charge in [-0.15, -0.1) is 0 Å². The average Bonchev–Trinajstić information content (AvgIpc) is 3.21. The third kappa shape index (κ3) is 7.11. The molecule has 3 aromatic rings. The fraction of sp³-hybridized carbons (Fsp3) is 0.385. The average molecular weight is 586 g/mol. The molecule has 0 bridgehead atoms. The van der Waals surface area contributed by atoms with Crippen molar-refractivity contribution in [3.05, 3.63) is 64.8 Å². The third-order valence-electron chi connectivity index (χ3n) is 6.45. The predicted octanol–water partition coefficient (Wildman–Crippen LogP) is 5.20. The van der Waals surface area contributed by atoms with Crippen LogP contribution in [0.2, 0.25) is 5.02 Å². The van der Waals surface area contributed by atoms with Gasteiger partial charge in [0.2, 0.25) is 0 Å². The van der Waals surface area contributed by atoms with Crippen LogP contribution in [0.25, 0.3) is 16.9 Å². The molecule has 1 fully saturated rings. The number of alkyl halides is 3. The lowest BCUT2D eigenvalue weighted by atomic mass is 9.92. The summed E-state index contributed by atoms with van der Waals surface area (Å²) in [5.41, 5.74) is 2.13. The Labute approximate surface area is 228 Å². The van der Waals surface area contributed by atoms with Crippen LogP contribution in [0.4, 0.5) is 13.2 Å². The number of hydrogen-bond acceptors (Lipinski definition) is 6. The minimum atomic E-state index is -4.63. The maximum atomic E-state index is 13.2. The van der Waals surface area contributed by atoms with Gasteiger partial charge in [0, 0.05) is 11.1 Å². The first-order valence-electron chi connectivity index (χ1n) is 12.3. The molecule has 1 aliphatic carbocycles. The summed E-state index contributed by atoms with van der Waals surface area (Å²) in [6, 6.07) is 12.1. The first-order valence-corrected chi connectivity index (χ1v) is 14.2. The summed E-state index contributed by atoms with van der Waals surface area (Å²) in [6.07, 6.45) is -3.77. The van der Waals surface area contributed by atoms with Gasteiger partial charge >= 0.3 is 16.3 Å². The van der Waals surface area contributed by atoms with Crippen molar-refractivity contribution in [1.82, 2.24) is 15.1 Å². The van der Waals surface area contributed by atoms with E-state index in [2.05, 4.69) is 10.4 Å². The highest BCUT2D eigenvalue weighted by Gasteiger charge is 2.31. The van der Waals surface area contributed by atoms with Crippen molar-refractivity contribution in [3.63, 3.8) is 0 Å². The van der Waals surface area contributed by atoms with Crippen LogP contribution in [-0.4, -0.2) is 53.3 Å². The molecule has 1 amide bonds. The number of hydrogen-bond donors (Lipinski definition) is 2. The van der Waals surface area contributed by atoms with Gasteiger partial charge in [-0.05, 0) is 56.2 Å². The summed E-state index contributed by atoms with van der Waals surface area (Å²) >= 11 is 6.43. The van der Waals surface area contributed by atoms with E-state index in [1.54, 1.807) is 31.2 Å². The minimum absolute atomic E-state index is 0.123. The van der Waals surface area contributed by atoms with Crippen LogP contribution in [0.3, 0.4) is 0 Å². The van der Waals surface area contributed by atoms with Crippen molar-refractivity contribution in [2.75, 3.05) is 5.75 Å². The van der Waals surface area contributed by atoms with Gasteiger partial charge in [0.05, 0.1) is 40.7 Å². The molecule has 2 atom stereocenters. The normalized spacial score (nSPS) is 18.1. The number of aliphatic hydroxyl groups is 1. The molecule has 2 N–H and O–H groups in total. The smallest absolute Gasteiger partial charge is 0.390 e. The fourth-order valence-electron chi connectivity index (χ4n) is 4.46. The Morgan fingerprint density at radius 1 is 1.15 bits per heavy atom. The van der Waals surface area contributed by atoms with E-state index in [4.69, 9.17) is 15.8 Å². The van der Waals surface area contributed by atoms with Crippen LogP contribution < -0.4 is 9.50 Å². The van der Waals surface area contributed by atoms with Gasteiger partial charge in [-0.25, -0.2) is 4.68 Å². The number of nitrogens with zero attached hydrogens (tertiary/aromatic N) is 2. The Morgan fingerprint density at radius 3 is 2.46 bits per heavy atom. The second-order valence-electron chi connectivity index (χ2n) is 9.35. The summed E-state index contributed by atoms with van der Waals surface area (Å²) < 4.78 is 67.6. The van der Waals surface area contributed by atoms with E-state index in [-0.39, 0.29) is 11.4 Å². The van der Waals surface area contributed by atoms with Gasteiger partial charge < -0.3 is 14.6 Å². The molecule has 13 heteroatoms. The van der Waals surface area contributed by atoms with E-state index >= 15 is 0 Å². The lowest BCUT2D eigenvalue weighted by Gasteiger charge is -2.28. The molecule has 0 radical (unpaired) electrons. The Morgan fingerprint density at radius 2 is 1.82 bits per heavy atom. The molecule has 0 spiro atoms. The Kier molecular flexibility index (Phi) is 8.57. The van der Waals surface area contributed by atoms with Gasteiger partial charge in [-0.2, -0.15) is 26.7 Å². The van der Waals surface area contributed by atoms with Crippen LogP contribution in [0.15, 0.2) is 48.5 Å². The molecular weight excluding hydrogens is 559 g/mol. The van der Waals surface area contributed by atoms with Crippen molar-refractivity contribution in [2.45, 2.75) is 57.3 Å². The molecule has 2 unspecified atom stereocenters. The highest BCUT2D eigenvalue weighted by molar-refractivity contribution is 7.87. The van der Waals surface area contributed by atoms with E-state index in [0.717, 1.165) is 12.8 Å². The summed E-state index contributed by atoms with van der Waals surface area (Å²) in [4.78, 5) is 13.2. The SMILES string of the molecule is Cc1c(C(=O)NC2CCCCC2O)nn(-c2ccccc2Cl)c1-c1ccc(OS(=O)(=O)CCC(F)(F)F)cc1. The largest absolute Gasteiger partial charge is 0.391 e. The summed E-state index contributed by atoms with van der Waals surface area (Å²) in [7, 11) is -4.46. The molecular formula is C26H27ClF3N3O5S. The van der Waals surface area contributed by atoms with Crippen molar-refractivity contribution >= 4 is 27.6 Å². The summed E-state index contributed by atoms with van der Waals surface area (Å²) in [5.74, 6) is -1.82. The standard InChI is InChI=1S/C26H27ClF3N3O5S/c1-16-23(25(35)31-20-7-3-5-9-22(20)34)32-33(21-8-4-2-6-19(21)27)24(16)17-10-12-18(13-11-17)38-39(36,37)15-14-26(28,29)30/h2,4,6,8,10-13,20,22,34H,3,5,7,9,14-15H2,1H3,(H,31,35). The highest BCUT2D eigenvalue weighted by atomic mass is 35.5. The first kappa shape index (κ1) is 28.9. The lowest BCUT2D eigenvalue weighted by Crippen LogP contribution is -2.45. The molecule has 1 heterocycles. The van der Waals surface area contributed by atoms with Crippen molar-refractivity contribution in [2.24, 2.45) is 0 Å². The molecule has 0 aliphatic heterocycles. The second-order valence-corrected chi connectivity index (χ2v) is 11.4. The van der Waals surface area contributed by atoms with E-state index in [1.165, 1.54) is 28.9 Å². The van der Waals surface area contributed by atoms with Gasteiger partial charge in [0.1, 0.15) is 5.75 Å². The topological polar surface area (TPSA) is 111 Å². The van der Waals surface area contributed by atoms with E-state index < -0.39 is 46.5 Å². The molecule has 2 aromatic carbocycles. The number of nitrogens with one attached hydrogen (secondary N) is 1. The molecule has 0 saturated heterocycles. The maximum absolute atomic E-state index is 13.2. The number of para-hydroxylation sites is 1. The van der Waals surface area contributed by atoms with Crippen molar-refractivity contribution in [1.29, 1.82) is 0 Å². The highest BCUT2D eigenvalue weighted by Crippen LogP contribution is 2.33. The maximum Gasteiger partial charge on any atom is 0.390 e. The molecule has 210 valence electrons. The third-order valence-corrected chi connectivity index (χ3v) is 7.92. The Hall–Kier alpha value is -3.09. The van der Waals surface area contributed by atoms with Gasteiger partial charge in [0.15, 0.2) is 5.69 Å². The number of carbonyl (C=O) groups excluding carboxylic acids is 1. The molecule has 1 aliphatic rings. The van der Waals surface area contributed by atoms with Gasteiger partial charge in [-0.3, -0.25) is 4.79 Å². The van der Waals surface area contributed by atoms with Crippen LogP contribution in [0.1, 0.15) is 48.2 Å². The van der Waals surface area contributed by atoms with Crippen LogP contribution in [0, 0.1) is 6.92 Å². The van der Waals surface area contributed by atoms with Crippen LogP contribution >= 0.6 is 11.6 Å². The van der Waals surface area contributed by atoms with Crippen molar-refractivity contribution in [3.8, 4) is 22.7 Å². The van der Waals surface area contributed by atoms with E-state index in [0.29, 0.717) is 40.4 Å². The summed E-state index contributed by atoms with van der Waals surface area (Å²) in [5, 5.41) is 18.1. The number of rotatable bonds is 8.